The van der Waals surface area contributed by atoms with Gasteiger partial charge in [0.15, 0.2) is 0 Å². The van der Waals surface area contributed by atoms with Gasteiger partial charge in [-0.15, -0.1) is 0 Å². The van der Waals surface area contributed by atoms with Gasteiger partial charge in [0.1, 0.15) is 0 Å². The van der Waals surface area contributed by atoms with Crippen molar-refractivity contribution in [2.45, 2.75) is 18.7 Å². The molecule has 1 fully saturated rings. The quantitative estimate of drug-likeness (QED) is 0.839. The largest absolute Gasteiger partial charge is 0.481 e. The number of hydrogen-bond acceptors (Lipinski definition) is 4. The third-order valence-electron chi connectivity index (χ3n) is 4.28. The number of carbonyl (C=O) groups is 2. The second-order valence-electron chi connectivity index (χ2n) is 6.42. The minimum Gasteiger partial charge on any atom is -0.481 e. The van der Waals surface area contributed by atoms with Crippen LogP contribution in [0.3, 0.4) is 0 Å². The van der Waals surface area contributed by atoms with Gasteiger partial charge < -0.3 is 10.4 Å². The molecule has 0 aromatic heterocycles. The third-order valence-corrected chi connectivity index (χ3v) is 6.11. The Morgan fingerprint density at radius 1 is 1.13 bits per heavy atom. The van der Waals surface area contributed by atoms with Gasteiger partial charge in [0.25, 0.3) is 0 Å². The van der Waals surface area contributed by atoms with Gasteiger partial charge in [0.05, 0.1) is 16.7 Å². The first-order valence-corrected chi connectivity index (χ1v) is 8.50. The summed E-state index contributed by atoms with van der Waals surface area (Å²) in [5, 5.41) is 11.7. The van der Waals surface area contributed by atoms with E-state index in [-0.39, 0.29) is 10.8 Å². The van der Waals surface area contributed by atoms with Crippen LogP contribution in [0, 0.1) is 17.3 Å². The topological polar surface area (TPSA) is 104 Å². The van der Waals surface area contributed by atoms with Crippen molar-refractivity contribution in [2.24, 2.45) is 17.3 Å². The Labute approximate surface area is 135 Å². The lowest BCUT2D eigenvalue weighted by atomic mass is 10.1. The summed E-state index contributed by atoms with van der Waals surface area (Å²) in [6.45, 7) is 3.48. The van der Waals surface area contributed by atoms with Crippen LogP contribution in [-0.4, -0.2) is 43.8 Å². The van der Waals surface area contributed by atoms with Crippen LogP contribution in [0.15, 0.2) is 29.2 Å². The lowest BCUT2D eigenvalue weighted by Gasteiger charge is -2.12. The van der Waals surface area contributed by atoms with Crippen LogP contribution in [0.4, 0.5) is 5.69 Å². The number of benzene rings is 1. The van der Waals surface area contributed by atoms with Gasteiger partial charge in [-0.3, -0.25) is 9.59 Å². The number of nitrogens with zero attached hydrogens (tertiary/aromatic N) is 1. The molecule has 2 rings (SSSR count). The number of carbonyl (C=O) groups excluding carboxylic acids is 1. The van der Waals surface area contributed by atoms with Crippen LogP contribution in [0.5, 0.6) is 0 Å². The lowest BCUT2D eigenvalue weighted by Crippen LogP contribution is -2.22. The molecule has 0 heterocycles. The fourth-order valence-electron chi connectivity index (χ4n) is 2.73. The van der Waals surface area contributed by atoms with Crippen LogP contribution < -0.4 is 5.32 Å². The van der Waals surface area contributed by atoms with Crippen molar-refractivity contribution in [3.05, 3.63) is 24.3 Å². The average Bonchev–Trinajstić information content (AvgIpc) is 3.02. The molecule has 1 aromatic carbocycles. The normalized spacial score (nSPS) is 22.7. The smallest absolute Gasteiger partial charge is 0.307 e. The van der Waals surface area contributed by atoms with Gasteiger partial charge in [-0.05, 0) is 29.7 Å². The molecule has 2 N–H and O–H groups in total. The Balaban J connectivity index is 2.11. The molecule has 1 saturated carbocycles. The average molecular weight is 340 g/mol. The number of carboxylic acid groups (broad SMARTS) is 1. The summed E-state index contributed by atoms with van der Waals surface area (Å²) in [5.74, 6) is -2.64. The van der Waals surface area contributed by atoms with E-state index < -0.39 is 33.2 Å². The maximum atomic E-state index is 12.2. The zero-order chi connectivity index (χ0) is 17.6. The summed E-state index contributed by atoms with van der Waals surface area (Å²) in [6, 6.07) is 5.77. The highest BCUT2D eigenvalue weighted by molar-refractivity contribution is 7.89. The maximum Gasteiger partial charge on any atom is 0.307 e. The fraction of sp³-hybridized carbons (Fsp3) is 0.467. The van der Waals surface area contributed by atoms with Crippen LogP contribution in [0.1, 0.15) is 13.8 Å². The molecule has 1 amide bonds. The zero-order valence-corrected chi connectivity index (χ0v) is 14.2. The summed E-state index contributed by atoms with van der Waals surface area (Å²) >= 11 is 0. The van der Waals surface area contributed by atoms with Crippen molar-refractivity contribution >= 4 is 27.6 Å². The minimum absolute atomic E-state index is 0.121. The van der Waals surface area contributed by atoms with Gasteiger partial charge >= 0.3 is 5.97 Å². The number of anilines is 1. The molecule has 8 heteroatoms. The van der Waals surface area contributed by atoms with Crippen LogP contribution in [0.25, 0.3) is 0 Å². The van der Waals surface area contributed by atoms with E-state index in [0.29, 0.717) is 5.69 Å². The van der Waals surface area contributed by atoms with E-state index in [4.69, 9.17) is 5.11 Å². The third kappa shape index (κ3) is 3.09. The highest BCUT2D eigenvalue weighted by Gasteiger charge is 2.65. The Bertz CT molecular complexity index is 738. The Hall–Kier alpha value is -1.93. The highest BCUT2D eigenvalue weighted by Crippen LogP contribution is 2.58. The van der Waals surface area contributed by atoms with E-state index in [9.17, 15) is 18.0 Å². The van der Waals surface area contributed by atoms with Crippen LogP contribution >= 0.6 is 0 Å². The molecule has 0 aliphatic heterocycles. The standard InChI is InChI=1S/C15H20N2O5S/c1-15(2)11(12(15)14(19)20)13(18)16-9-5-7-10(8-6-9)23(21,22)17(3)4/h5-8,11-12H,1-4H3,(H,16,18)(H,19,20)/t11-,12-/m1/s1. The van der Waals surface area contributed by atoms with E-state index in [1.807, 2.05) is 0 Å². The van der Waals surface area contributed by atoms with Crippen molar-refractivity contribution < 1.29 is 23.1 Å². The van der Waals surface area contributed by atoms with Gasteiger partial charge in [-0.1, -0.05) is 13.8 Å². The van der Waals surface area contributed by atoms with E-state index in [1.165, 1.54) is 38.4 Å². The van der Waals surface area contributed by atoms with Gasteiger partial charge in [-0.2, -0.15) is 0 Å². The number of nitrogens with one attached hydrogen (secondary N) is 1. The molecule has 7 nitrogen and oxygen atoms in total. The minimum atomic E-state index is -3.52. The monoisotopic (exact) mass is 340 g/mol. The molecule has 126 valence electrons. The Kier molecular flexibility index (Phi) is 4.25. The summed E-state index contributed by atoms with van der Waals surface area (Å²) in [6.07, 6.45) is 0. The second-order valence-corrected chi connectivity index (χ2v) is 8.57. The Morgan fingerprint density at radius 3 is 2.04 bits per heavy atom. The van der Waals surface area contributed by atoms with Crippen LogP contribution in [0.2, 0.25) is 0 Å². The first-order valence-electron chi connectivity index (χ1n) is 7.06. The number of carboxylic acids is 1. The fourth-order valence-corrected chi connectivity index (χ4v) is 3.63. The van der Waals surface area contributed by atoms with E-state index in [2.05, 4.69) is 5.32 Å². The molecule has 0 radical (unpaired) electrons. The molecule has 23 heavy (non-hydrogen) atoms. The number of rotatable bonds is 5. The summed E-state index contributed by atoms with van der Waals surface area (Å²) in [5.41, 5.74) is -0.149. The first-order chi connectivity index (χ1) is 10.5. The van der Waals surface area contributed by atoms with Crippen molar-refractivity contribution in [1.29, 1.82) is 0 Å². The van der Waals surface area contributed by atoms with Crippen molar-refractivity contribution in [2.75, 3.05) is 19.4 Å². The second kappa shape index (κ2) is 5.61. The molecule has 1 aliphatic rings. The number of amides is 1. The molecular weight excluding hydrogens is 320 g/mol. The lowest BCUT2D eigenvalue weighted by molar-refractivity contribution is -0.140. The molecule has 0 unspecified atom stereocenters. The predicted octanol–water partition coefficient (Wildman–Crippen LogP) is 1.23. The summed E-state index contributed by atoms with van der Waals surface area (Å²) < 4.78 is 25.0. The van der Waals surface area contributed by atoms with E-state index >= 15 is 0 Å². The van der Waals surface area contributed by atoms with E-state index in [0.717, 1.165) is 4.31 Å². The molecule has 0 bridgehead atoms. The number of aliphatic carboxylic acids is 1. The van der Waals surface area contributed by atoms with E-state index in [1.54, 1.807) is 13.8 Å². The maximum absolute atomic E-state index is 12.2. The molecule has 1 aromatic rings. The van der Waals surface area contributed by atoms with Crippen molar-refractivity contribution in [3.8, 4) is 0 Å². The highest BCUT2D eigenvalue weighted by atomic mass is 32.2. The van der Waals surface area contributed by atoms with Crippen LogP contribution in [-0.2, 0) is 19.6 Å². The van der Waals surface area contributed by atoms with Crippen molar-refractivity contribution in [3.63, 3.8) is 0 Å². The summed E-state index contributed by atoms with van der Waals surface area (Å²) in [7, 11) is -0.648. The zero-order valence-electron chi connectivity index (χ0n) is 13.4. The predicted molar refractivity (Wildman–Crippen MR) is 84.3 cm³/mol. The number of sulfonamides is 1. The molecule has 2 atom stereocenters. The molecule has 1 aliphatic carbocycles. The van der Waals surface area contributed by atoms with Gasteiger partial charge in [-0.25, -0.2) is 12.7 Å². The molecule has 0 spiro atoms. The first kappa shape index (κ1) is 17.4. The summed E-state index contributed by atoms with van der Waals surface area (Å²) in [4.78, 5) is 23.4. The van der Waals surface area contributed by atoms with Gasteiger partial charge in [0.2, 0.25) is 15.9 Å². The molecule has 0 saturated heterocycles. The van der Waals surface area contributed by atoms with Gasteiger partial charge in [0, 0.05) is 19.8 Å². The van der Waals surface area contributed by atoms with Crippen molar-refractivity contribution in [1.82, 2.24) is 4.31 Å². The molecular formula is C15H20N2O5S. The Morgan fingerprint density at radius 2 is 1.65 bits per heavy atom. The SMILES string of the molecule is CN(C)S(=O)(=O)c1ccc(NC(=O)[C@H]2[C@H](C(=O)O)C2(C)C)cc1. The number of hydrogen-bond donors (Lipinski definition) is 2.